The average molecular weight is 322 g/mol. The zero-order chi connectivity index (χ0) is 17.1. The zero-order valence-corrected chi connectivity index (χ0v) is 14.0. The summed E-state index contributed by atoms with van der Waals surface area (Å²) in [5.41, 5.74) is 5.07. The first kappa shape index (κ1) is 16.3. The Balaban J connectivity index is 1.63. The molecule has 1 aromatic heterocycles. The Labute approximate surface area is 141 Å². The number of benzene rings is 2. The maximum absolute atomic E-state index is 12.2. The summed E-state index contributed by atoms with van der Waals surface area (Å²) >= 11 is 0. The Morgan fingerprint density at radius 1 is 1.12 bits per heavy atom. The van der Waals surface area contributed by atoms with Gasteiger partial charge in [0.25, 0.3) is 0 Å². The summed E-state index contributed by atoms with van der Waals surface area (Å²) in [6.45, 7) is 4.21. The van der Waals surface area contributed by atoms with Gasteiger partial charge in [0.05, 0.1) is 12.5 Å². The average Bonchev–Trinajstić information content (AvgIpc) is 2.97. The number of hydrogen-bond acceptors (Lipinski definition) is 2. The van der Waals surface area contributed by atoms with Crippen molar-refractivity contribution in [2.75, 3.05) is 6.54 Å². The highest BCUT2D eigenvalue weighted by Gasteiger charge is 2.13. The van der Waals surface area contributed by atoms with Crippen LogP contribution in [0.25, 0.3) is 10.9 Å². The van der Waals surface area contributed by atoms with Crippen LogP contribution < -0.4 is 5.32 Å². The van der Waals surface area contributed by atoms with E-state index in [4.69, 9.17) is 0 Å². The smallest absolute Gasteiger partial charge is 0.224 e. The van der Waals surface area contributed by atoms with Gasteiger partial charge < -0.3 is 15.4 Å². The van der Waals surface area contributed by atoms with E-state index in [1.54, 1.807) is 0 Å². The fourth-order valence-electron chi connectivity index (χ4n) is 3.03. The van der Waals surface area contributed by atoms with Gasteiger partial charge in [-0.15, -0.1) is 0 Å². The van der Waals surface area contributed by atoms with Crippen molar-refractivity contribution in [2.45, 2.75) is 26.4 Å². The summed E-state index contributed by atoms with van der Waals surface area (Å²) in [5, 5.41) is 14.2. The quantitative estimate of drug-likeness (QED) is 0.675. The van der Waals surface area contributed by atoms with Gasteiger partial charge in [0.15, 0.2) is 0 Å². The second-order valence-electron chi connectivity index (χ2n) is 6.16. The SMILES string of the molecule is Cc1ccccc1C(O)CNC(=O)Cc1c[nH]c2c(C)cccc12. The van der Waals surface area contributed by atoms with E-state index >= 15 is 0 Å². The molecule has 1 atom stereocenters. The Morgan fingerprint density at radius 2 is 1.88 bits per heavy atom. The number of carbonyl (C=O) groups excluding carboxylic acids is 1. The van der Waals surface area contributed by atoms with Gasteiger partial charge in [-0.3, -0.25) is 4.79 Å². The first-order chi connectivity index (χ1) is 11.6. The molecular formula is C20H22N2O2. The van der Waals surface area contributed by atoms with Gasteiger partial charge in [-0.25, -0.2) is 0 Å². The summed E-state index contributed by atoms with van der Waals surface area (Å²) in [4.78, 5) is 15.5. The summed E-state index contributed by atoms with van der Waals surface area (Å²) in [7, 11) is 0. The number of aliphatic hydroxyl groups is 1. The molecule has 0 aliphatic carbocycles. The van der Waals surface area contributed by atoms with Gasteiger partial charge in [0, 0.05) is 23.6 Å². The van der Waals surface area contributed by atoms with Gasteiger partial charge >= 0.3 is 0 Å². The first-order valence-corrected chi connectivity index (χ1v) is 8.12. The van der Waals surface area contributed by atoms with Gasteiger partial charge in [-0.2, -0.15) is 0 Å². The van der Waals surface area contributed by atoms with Crippen LogP contribution in [0, 0.1) is 13.8 Å². The Morgan fingerprint density at radius 3 is 2.67 bits per heavy atom. The van der Waals surface area contributed by atoms with E-state index < -0.39 is 6.10 Å². The molecule has 3 N–H and O–H groups in total. The van der Waals surface area contributed by atoms with Crippen LogP contribution in [0.4, 0.5) is 0 Å². The van der Waals surface area contributed by atoms with Crippen LogP contribution in [0.15, 0.2) is 48.7 Å². The molecule has 2 aromatic carbocycles. The summed E-state index contributed by atoms with van der Waals surface area (Å²) in [6, 6.07) is 13.7. The van der Waals surface area contributed by atoms with Crippen molar-refractivity contribution in [2.24, 2.45) is 0 Å². The standard InChI is InChI=1S/C20H22N2O2/c1-13-6-3-4-8-16(13)18(23)12-21-19(24)10-15-11-22-20-14(2)7-5-9-17(15)20/h3-9,11,18,22-23H,10,12H2,1-2H3,(H,21,24). The number of nitrogens with one attached hydrogen (secondary N) is 2. The van der Waals surface area contributed by atoms with Crippen LogP contribution in [0.3, 0.4) is 0 Å². The number of carbonyl (C=O) groups is 1. The molecule has 0 bridgehead atoms. The van der Waals surface area contributed by atoms with Crippen molar-refractivity contribution >= 4 is 16.8 Å². The third-order valence-electron chi connectivity index (χ3n) is 4.40. The lowest BCUT2D eigenvalue weighted by Crippen LogP contribution is -2.29. The van der Waals surface area contributed by atoms with Gasteiger partial charge in [-0.05, 0) is 36.1 Å². The van der Waals surface area contributed by atoms with Crippen molar-refractivity contribution < 1.29 is 9.90 Å². The van der Waals surface area contributed by atoms with Crippen LogP contribution >= 0.6 is 0 Å². The third-order valence-corrected chi connectivity index (χ3v) is 4.40. The molecule has 1 amide bonds. The largest absolute Gasteiger partial charge is 0.387 e. The van der Waals surface area contributed by atoms with Crippen molar-refractivity contribution in [3.05, 3.63) is 70.9 Å². The third kappa shape index (κ3) is 3.34. The minimum absolute atomic E-state index is 0.0926. The zero-order valence-electron chi connectivity index (χ0n) is 14.0. The Kier molecular flexibility index (Phi) is 4.67. The number of hydrogen-bond donors (Lipinski definition) is 3. The van der Waals surface area contributed by atoms with Crippen molar-refractivity contribution in [3.8, 4) is 0 Å². The molecule has 1 unspecified atom stereocenters. The lowest BCUT2D eigenvalue weighted by Gasteiger charge is -2.14. The summed E-state index contributed by atoms with van der Waals surface area (Å²) in [6.07, 6.45) is 1.49. The van der Waals surface area contributed by atoms with Crippen molar-refractivity contribution in [3.63, 3.8) is 0 Å². The maximum Gasteiger partial charge on any atom is 0.224 e. The topological polar surface area (TPSA) is 65.1 Å². The van der Waals surface area contributed by atoms with E-state index in [0.717, 1.165) is 33.2 Å². The number of fused-ring (bicyclic) bond motifs is 1. The van der Waals surface area contributed by atoms with Crippen LogP contribution in [0.5, 0.6) is 0 Å². The van der Waals surface area contributed by atoms with E-state index in [9.17, 15) is 9.90 Å². The number of para-hydroxylation sites is 1. The maximum atomic E-state index is 12.2. The highest BCUT2D eigenvalue weighted by Crippen LogP contribution is 2.21. The van der Waals surface area contributed by atoms with Gasteiger partial charge in [0.2, 0.25) is 5.91 Å². The summed E-state index contributed by atoms with van der Waals surface area (Å²) in [5.74, 6) is -0.0926. The van der Waals surface area contributed by atoms with E-state index in [0.29, 0.717) is 6.42 Å². The van der Waals surface area contributed by atoms with Crippen molar-refractivity contribution in [1.29, 1.82) is 0 Å². The number of H-pyrrole nitrogens is 1. The second-order valence-corrected chi connectivity index (χ2v) is 6.16. The lowest BCUT2D eigenvalue weighted by atomic mass is 10.0. The summed E-state index contributed by atoms with van der Waals surface area (Å²) < 4.78 is 0. The minimum atomic E-state index is -0.694. The molecule has 0 aliphatic heterocycles. The molecular weight excluding hydrogens is 300 g/mol. The van der Waals surface area contributed by atoms with Crippen LogP contribution in [0.1, 0.15) is 28.4 Å². The predicted octanol–water partition coefficient (Wildman–Crippen LogP) is 3.18. The monoisotopic (exact) mass is 322 g/mol. The van der Waals surface area contributed by atoms with Crippen LogP contribution in [-0.4, -0.2) is 22.5 Å². The molecule has 3 aromatic rings. The number of amides is 1. The van der Waals surface area contributed by atoms with Gasteiger partial charge in [-0.1, -0.05) is 42.5 Å². The van der Waals surface area contributed by atoms with E-state index in [1.165, 1.54) is 0 Å². The second kappa shape index (κ2) is 6.89. The lowest BCUT2D eigenvalue weighted by molar-refractivity contribution is -0.120. The van der Waals surface area contributed by atoms with E-state index in [1.807, 2.05) is 62.5 Å². The molecule has 0 radical (unpaired) electrons. The number of rotatable bonds is 5. The Hall–Kier alpha value is -2.59. The van der Waals surface area contributed by atoms with E-state index in [2.05, 4.69) is 10.3 Å². The fourth-order valence-corrected chi connectivity index (χ4v) is 3.03. The molecule has 0 aliphatic rings. The molecule has 1 heterocycles. The highest BCUT2D eigenvalue weighted by atomic mass is 16.3. The molecule has 4 nitrogen and oxygen atoms in total. The minimum Gasteiger partial charge on any atom is -0.387 e. The highest BCUT2D eigenvalue weighted by molar-refractivity contribution is 5.90. The molecule has 24 heavy (non-hydrogen) atoms. The number of aromatic nitrogens is 1. The number of aryl methyl sites for hydroxylation is 2. The number of aromatic amines is 1. The van der Waals surface area contributed by atoms with Crippen LogP contribution in [0.2, 0.25) is 0 Å². The molecule has 0 saturated carbocycles. The molecule has 3 rings (SSSR count). The fraction of sp³-hybridized carbons (Fsp3) is 0.250. The molecule has 4 heteroatoms. The van der Waals surface area contributed by atoms with Gasteiger partial charge in [0.1, 0.15) is 0 Å². The van der Waals surface area contributed by atoms with E-state index in [-0.39, 0.29) is 12.5 Å². The first-order valence-electron chi connectivity index (χ1n) is 8.12. The molecule has 0 fully saturated rings. The molecule has 0 saturated heterocycles. The normalized spacial score (nSPS) is 12.3. The number of aliphatic hydroxyl groups excluding tert-OH is 1. The molecule has 0 spiro atoms. The Bertz CT molecular complexity index is 867. The van der Waals surface area contributed by atoms with Crippen molar-refractivity contribution in [1.82, 2.24) is 10.3 Å². The predicted molar refractivity (Wildman–Crippen MR) is 95.9 cm³/mol. The molecule has 124 valence electrons. The van der Waals surface area contributed by atoms with Crippen LogP contribution in [-0.2, 0) is 11.2 Å².